The molecule has 3 N–H and O–H groups in total. The van der Waals surface area contributed by atoms with Crippen LogP contribution in [0, 0.1) is 0 Å². The maximum absolute atomic E-state index is 9.34. The Morgan fingerprint density at radius 2 is 1.78 bits per heavy atom. The van der Waals surface area contributed by atoms with Gasteiger partial charge in [0, 0.05) is 6.61 Å². The fraction of sp³-hybridized carbons (Fsp3) is 1.00. The SMILES string of the molecule is CCO.O=P(O)(O)OCl. The molecule has 0 atom stereocenters. The third-order valence-electron chi connectivity index (χ3n) is 0.0899. The van der Waals surface area contributed by atoms with Gasteiger partial charge < -0.3 is 14.9 Å². The van der Waals surface area contributed by atoms with E-state index in [1.807, 2.05) is 0 Å². The van der Waals surface area contributed by atoms with E-state index in [1.54, 1.807) is 6.92 Å². The number of aliphatic hydroxyl groups is 1. The molecule has 0 rings (SSSR count). The van der Waals surface area contributed by atoms with E-state index in [-0.39, 0.29) is 6.61 Å². The number of aliphatic hydroxyl groups excluding tert-OH is 1. The second-order valence-electron chi connectivity index (χ2n) is 0.876. The first-order chi connectivity index (χ1) is 3.97. The molecule has 0 aliphatic rings. The first-order valence-electron chi connectivity index (χ1n) is 1.94. The van der Waals surface area contributed by atoms with Crippen molar-refractivity contribution in [3.63, 3.8) is 0 Å². The van der Waals surface area contributed by atoms with Gasteiger partial charge in [-0.2, -0.15) is 4.08 Å². The summed E-state index contributed by atoms with van der Waals surface area (Å²) in [5.41, 5.74) is 0. The molecule has 0 amide bonds. The largest absolute Gasteiger partial charge is 0.486 e. The van der Waals surface area contributed by atoms with Crippen LogP contribution in [0.4, 0.5) is 0 Å². The number of halogens is 1. The summed E-state index contributed by atoms with van der Waals surface area (Å²) in [7, 11) is -4.38. The van der Waals surface area contributed by atoms with Crippen LogP contribution in [0.25, 0.3) is 0 Å². The van der Waals surface area contributed by atoms with Crippen molar-refractivity contribution >= 4 is 19.7 Å². The Balaban J connectivity index is 0. The first kappa shape index (κ1) is 12.1. The van der Waals surface area contributed by atoms with E-state index in [1.165, 1.54) is 0 Å². The van der Waals surface area contributed by atoms with Crippen LogP contribution in [0.2, 0.25) is 0 Å². The maximum Gasteiger partial charge on any atom is 0.486 e. The van der Waals surface area contributed by atoms with Crippen LogP contribution in [-0.2, 0) is 8.64 Å². The summed E-state index contributed by atoms with van der Waals surface area (Å²) in [6, 6.07) is 0. The second-order valence-corrected chi connectivity index (χ2v) is 2.41. The Bertz CT molecular complexity index is 89.0. The maximum atomic E-state index is 9.34. The van der Waals surface area contributed by atoms with E-state index in [0.29, 0.717) is 0 Å². The topological polar surface area (TPSA) is 87.0 Å². The molecule has 0 aliphatic heterocycles. The summed E-state index contributed by atoms with van der Waals surface area (Å²) >= 11 is 4.21. The van der Waals surface area contributed by atoms with Gasteiger partial charge in [0.25, 0.3) is 0 Å². The standard InChI is InChI=1S/C2H6O.ClH2O4P/c1-2-3;1-5-6(2,3)4/h3H,2H2,1H3;(H2,2,3,4). The number of rotatable bonds is 1. The molecule has 0 heterocycles. The fourth-order valence-electron chi connectivity index (χ4n) is 0. The Kier molecular flexibility index (Phi) is 8.69. The molecule has 9 heavy (non-hydrogen) atoms. The van der Waals surface area contributed by atoms with Crippen molar-refractivity contribution in [1.29, 1.82) is 0 Å². The molecule has 0 aromatic heterocycles. The van der Waals surface area contributed by atoms with Crippen molar-refractivity contribution in [1.82, 2.24) is 0 Å². The average molecular weight is 179 g/mol. The minimum absolute atomic E-state index is 0.250. The smallest absolute Gasteiger partial charge is 0.397 e. The molecule has 0 saturated heterocycles. The van der Waals surface area contributed by atoms with E-state index < -0.39 is 7.82 Å². The van der Waals surface area contributed by atoms with E-state index >= 15 is 0 Å². The summed E-state index contributed by atoms with van der Waals surface area (Å²) in [6.07, 6.45) is 0. The van der Waals surface area contributed by atoms with E-state index in [4.69, 9.17) is 14.9 Å². The van der Waals surface area contributed by atoms with Crippen LogP contribution >= 0.6 is 19.7 Å². The van der Waals surface area contributed by atoms with E-state index in [2.05, 4.69) is 15.9 Å². The Morgan fingerprint density at radius 1 is 1.67 bits per heavy atom. The molecule has 58 valence electrons. The monoisotopic (exact) mass is 178 g/mol. The number of hydrogen-bond donors (Lipinski definition) is 3. The minimum atomic E-state index is -4.38. The van der Waals surface area contributed by atoms with Crippen molar-refractivity contribution in [2.45, 2.75) is 6.92 Å². The lowest BCUT2D eigenvalue weighted by molar-refractivity contribution is 0.292. The van der Waals surface area contributed by atoms with Gasteiger partial charge in [-0.3, -0.25) is 0 Å². The first-order valence-corrected chi connectivity index (χ1v) is 3.78. The molecular weight excluding hydrogens is 170 g/mol. The zero-order valence-electron chi connectivity index (χ0n) is 4.69. The van der Waals surface area contributed by atoms with Gasteiger partial charge in [0.15, 0.2) is 0 Å². The van der Waals surface area contributed by atoms with Gasteiger partial charge in [0.2, 0.25) is 0 Å². The van der Waals surface area contributed by atoms with Crippen LogP contribution in [0.1, 0.15) is 6.92 Å². The zero-order chi connectivity index (χ0) is 7.91. The molecule has 0 spiro atoms. The van der Waals surface area contributed by atoms with E-state index in [9.17, 15) is 4.57 Å². The van der Waals surface area contributed by atoms with Crippen LogP contribution in [0.15, 0.2) is 0 Å². The number of hydrogen-bond acceptors (Lipinski definition) is 3. The predicted octanol–water partition coefficient (Wildman–Crippen LogP) is 0.248. The van der Waals surface area contributed by atoms with Crippen molar-refractivity contribution < 1.29 is 23.5 Å². The molecule has 0 aromatic rings. The Morgan fingerprint density at radius 3 is 1.78 bits per heavy atom. The minimum Gasteiger partial charge on any atom is -0.397 e. The zero-order valence-corrected chi connectivity index (χ0v) is 6.34. The molecule has 5 nitrogen and oxygen atoms in total. The van der Waals surface area contributed by atoms with Crippen molar-refractivity contribution in [2.24, 2.45) is 0 Å². The summed E-state index contributed by atoms with van der Waals surface area (Å²) < 4.78 is 12.4. The highest BCUT2D eigenvalue weighted by molar-refractivity contribution is 7.47. The molecule has 0 bridgehead atoms. The molecule has 0 aromatic carbocycles. The van der Waals surface area contributed by atoms with E-state index in [0.717, 1.165) is 0 Å². The third-order valence-corrected chi connectivity index (χ3v) is 0.809. The summed E-state index contributed by atoms with van der Waals surface area (Å²) in [6.45, 7) is 1.93. The van der Waals surface area contributed by atoms with Crippen LogP contribution in [0.3, 0.4) is 0 Å². The quantitative estimate of drug-likeness (QED) is 0.501. The van der Waals surface area contributed by atoms with Crippen LogP contribution in [-0.4, -0.2) is 21.5 Å². The van der Waals surface area contributed by atoms with Gasteiger partial charge in [-0.05, 0) is 6.92 Å². The highest BCUT2D eigenvalue weighted by atomic mass is 35.5. The van der Waals surface area contributed by atoms with Gasteiger partial charge in [0.1, 0.15) is 0 Å². The molecule has 0 fully saturated rings. The van der Waals surface area contributed by atoms with Crippen LogP contribution < -0.4 is 0 Å². The number of phosphoric acid groups is 1. The Labute approximate surface area is 57.6 Å². The lowest BCUT2D eigenvalue weighted by atomic mass is 10.9. The highest BCUT2D eigenvalue weighted by Gasteiger charge is 2.10. The fourth-order valence-corrected chi connectivity index (χ4v) is 0. The van der Waals surface area contributed by atoms with Gasteiger partial charge in [-0.1, -0.05) is 0 Å². The predicted molar refractivity (Wildman–Crippen MR) is 31.7 cm³/mol. The van der Waals surface area contributed by atoms with Gasteiger partial charge in [-0.25, -0.2) is 4.57 Å². The molecular formula is C2H8ClO5P. The molecule has 0 unspecified atom stereocenters. The summed E-state index contributed by atoms with van der Waals surface area (Å²) in [5.74, 6) is 0. The normalized spacial score (nSPS) is 9.89. The summed E-state index contributed by atoms with van der Waals surface area (Å²) in [5, 5.41) is 7.57. The molecule has 0 aliphatic carbocycles. The van der Waals surface area contributed by atoms with Crippen molar-refractivity contribution in [2.75, 3.05) is 6.61 Å². The van der Waals surface area contributed by atoms with Crippen molar-refractivity contribution in [3.8, 4) is 0 Å². The van der Waals surface area contributed by atoms with Crippen LogP contribution in [0.5, 0.6) is 0 Å². The van der Waals surface area contributed by atoms with Gasteiger partial charge >= 0.3 is 7.82 Å². The van der Waals surface area contributed by atoms with Crippen molar-refractivity contribution in [3.05, 3.63) is 0 Å². The Hall–Kier alpha value is 0.360. The summed E-state index contributed by atoms with van der Waals surface area (Å²) in [4.78, 5) is 15.2. The average Bonchev–Trinajstić information content (AvgIpc) is 1.67. The molecule has 0 radical (unpaired) electrons. The molecule has 7 heteroatoms. The lowest BCUT2D eigenvalue weighted by Crippen LogP contribution is -1.70. The second kappa shape index (κ2) is 6.48. The lowest BCUT2D eigenvalue weighted by Gasteiger charge is -1.89. The van der Waals surface area contributed by atoms with Gasteiger partial charge in [-0.15, -0.1) is 0 Å². The third kappa shape index (κ3) is 30.0. The highest BCUT2D eigenvalue weighted by Crippen LogP contribution is 2.36. The van der Waals surface area contributed by atoms with Gasteiger partial charge in [0.05, 0.1) is 11.9 Å². The molecule has 0 saturated carbocycles.